The van der Waals surface area contributed by atoms with Crippen molar-refractivity contribution in [2.75, 3.05) is 5.32 Å². The Bertz CT molecular complexity index is 620. The fraction of sp³-hybridized carbons (Fsp3) is 0.0625. The van der Waals surface area contributed by atoms with Crippen molar-refractivity contribution >= 4 is 29.3 Å². The zero-order valence-corrected chi connectivity index (χ0v) is 11.3. The summed E-state index contributed by atoms with van der Waals surface area (Å²) in [7, 11) is 0. The Kier molecular flexibility index (Phi) is 4.37. The predicted molar refractivity (Wildman–Crippen MR) is 80.3 cm³/mol. The Morgan fingerprint density at radius 1 is 1.11 bits per heavy atom. The van der Waals surface area contributed by atoms with Crippen LogP contribution in [0.4, 0.5) is 5.69 Å². The van der Waals surface area contributed by atoms with Crippen LogP contribution in [0, 0.1) is 6.92 Å². The first-order valence-corrected chi connectivity index (χ1v) is 6.34. The Morgan fingerprint density at radius 3 is 2.53 bits per heavy atom. The van der Waals surface area contributed by atoms with Crippen molar-refractivity contribution in [1.29, 1.82) is 0 Å². The minimum atomic E-state index is -0.172. The van der Waals surface area contributed by atoms with Crippen LogP contribution in [-0.2, 0) is 4.79 Å². The molecule has 3 heteroatoms. The van der Waals surface area contributed by atoms with Gasteiger partial charge in [0.2, 0.25) is 5.91 Å². The lowest BCUT2D eigenvalue weighted by molar-refractivity contribution is -0.111. The second-order valence-electron chi connectivity index (χ2n) is 4.16. The summed E-state index contributed by atoms with van der Waals surface area (Å²) in [6.07, 6.45) is 3.18. The lowest BCUT2D eigenvalue weighted by Crippen LogP contribution is -2.08. The summed E-state index contributed by atoms with van der Waals surface area (Å²) in [5, 5.41) is 3.46. The molecular weight excluding hydrogens is 258 g/mol. The van der Waals surface area contributed by atoms with Gasteiger partial charge in [-0.15, -0.1) is 0 Å². The lowest BCUT2D eigenvalue weighted by atomic mass is 10.2. The number of benzene rings is 2. The van der Waals surface area contributed by atoms with Crippen molar-refractivity contribution < 1.29 is 4.79 Å². The first kappa shape index (κ1) is 13.4. The number of amides is 1. The molecule has 0 aliphatic carbocycles. The number of para-hydroxylation sites is 1. The average Bonchev–Trinajstić information content (AvgIpc) is 2.40. The summed E-state index contributed by atoms with van der Waals surface area (Å²) in [5.41, 5.74) is 2.67. The van der Waals surface area contributed by atoms with Crippen LogP contribution in [-0.4, -0.2) is 5.91 Å². The van der Waals surface area contributed by atoms with Gasteiger partial charge in [-0.2, -0.15) is 0 Å². The number of nitrogens with one attached hydrogen (secondary N) is 1. The van der Waals surface area contributed by atoms with E-state index in [1.165, 1.54) is 6.08 Å². The highest BCUT2D eigenvalue weighted by Crippen LogP contribution is 2.17. The van der Waals surface area contributed by atoms with Crippen LogP contribution >= 0.6 is 11.6 Å². The molecule has 0 fully saturated rings. The third kappa shape index (κ3) is 3.70. The molecule has 2 aromatic carbocycles. The van der Waals surface area contributed by atoms with Crippen LogP contribution in [0.2, 0.25) is 5.02 Å². The molecule has 0 bridgehead atoms. The number of anilines is 1. The second-order valence-corrected chi connectivity index (χ2v) is 4.57. The van der Waals surface area contributed by atoms with Gasteiger partial charge in [-0.05, 0) is 36.3 Å². The van der Waals surface area contributed by atoms with Gasteiger partial charge in [0.15, 0.2) is 0 Å². The molecule has 0 radical (unpaired) electrons. The van der Waals surface area contributed by atoms with E-state index in [1.54, 1.807) is 12.1 Å². The Hall–Kier alpha value is -2.06. The number of carbonyl (C=O) groups excluding carboxylic acids is 1. The molecule has 2 aromatic rings. The molecule has 0 spiro atoms. The first-order valence-electron chi connectivity index (χ1n) is 5.96. The summed E-state index contributed by atoms with van der Waals surface area (Å²) >= 11 is 6.01. The van der Waals surface area contributed by atoms with Crippen molar-refractivity contribution in [2.45, 2.75) is 6.92 Å². The minimum absolute atomic E-state index is 0.172. The van der Waals surface area contributed by atoms with Crippen molar-refractivity contribution in [1.82, 2.24) is 0 Å². The van der Waals surface area contributed by atoms with Crippen LogP contribution in [0.25, 0.3) is 6.08 Å². The average molecular weight is 272 g/mol. The number of aryl methyl sites for hydroxylation is 1. The quantitative estimate of drug-likeness (QED) is 0.829. The zero-order valence-electron chi connectivity index (χ0n) is 10.6. The van der Waals surface area contributed by atoms with E-state index in [-0.39, 0.29) is 5.91 Å². The molecular formula is C16H14ClNO. The SMILES string of the molecule is Cc1ccccc1NC(=O)C=Cc1ccccc1Cl. The lowest BCUT2D eigenvalue weighted by Gasteiger charge is -2.05. The van der Waals surface area contributed by atoms with Gasteiger partial charge in [-0.3, -0.25) is 4.79 Å². The van der Waals surface area contributed by atoms with E-state index in [4.69, 9.17) is 11.6 Å². The number of hydrogen-bond donors (Lipinski definition) is 1. The van der Waals surface area contributed by atoms with Gasteiger partial charge in [-0.25, -0.2) is 0 Å². The molecule has 2 rings (SSSR count). The number of halogens is 1. The van der Waals surface area contributed by atoms with E-state index >= 15 is 0 Å². The van der Waals surface area contributed by atoms with Crippen molar-refractivity contribution in [3.8, 4) is 0 Å². The van der Waals surface area contributed by atoms with E-state index in [0.717, 1.165) is 16.8 Å². The van der Waals surface area contributed by atoms with Crippen molar-refractivity contribution in [3.63, 3.8) is 0 Å². The van der Waals surface area contributed by atoms with Gasteiger partial charge in [0.05, 0.1) is 0 Å². The van der Waals surface area contributed by atoms with Gasteiger partial charge in [0.25, 0.3) is 0 Å². The summed E-state index contributed by atoms with van der Waals surface area (Å²) in [6.45, 7) is 1.95. The van der Waals surface area contributed by atoms with Gasteiger partial charge >= 0.3 is 0 Å². The monoisotopic (exact) mass is 271 g/mol. The maximum absolute atomic E-state index is 11.8. The van der Waals surface area contributed by atoms with E-state index in [2.05, 4.69) is 5.32 Å². The topological polar surface area (TPSA) is 29.1 Å². The predicted octanol–water partition coefficient (Wildman–Crippen LogP) is 4.30. The van der Waals surface area contributed by atoms with Crippen molar-refractivity contribution in [3.05, 3.63) is 70.8 Å². The van der Waals surface area contributed by atoms with E-state index < -0.39 is 0 Å². The zero-order chi connectivity index (χ0) is 13.7. The second kappa shape index (κ2) is 6.21. The normalized spacial score (nSPS) is 10.6. The highest BCUT2D eigenvalue weighted by Gasteiger charge is 2.01. The third-order valence-corrected chi connectivity index (χ3v) is 3.07. The van der Waals surface area contributed by atoms with E-state index in [0.29, 0.717) is 5.02 Å². The summed E-state index contributed by atoms with van der Waals surface area (Å²) in [5.74, 6) is -0.172. The molecule has 0 aliphatic rings. The Labute approximate surface area is 117 Å². The molecule has 0 saturated carbocycles. The smallest absolute Gasteiger partial charge is 0.248 e. The van der Waals surface area contributed by atoms with Crippen molar-refractivity contribution in [2.24, 2.45) is 0 Å². The Morgan fingerprint density at radius 2 is 1.79 bits per heavy atom. The fourth-order valence-corrected chi connectivity index (χ4v) is 1.86. The van der Waals surface area contributed by atoms with Crippen LogP contribution in [0.1, 0.15) is 11.1 Å². The van der Waals surface area contributed by atoms with Crippen LogP contribution in [0.3, 0.4) is 0 Å². The van der Waals surface area contributed by atoms with E-state index in [1.807, 2.05) is 49.4 Å². The number of rotatable bonds is 3. The molecule has 0 aliphatic heterocycles. The molecule has 1 amide bonds. The molecule has 0 heterocycles. The maximum Gasteiger partial charge on any atom is 0.248 e. The highest BCUT2D eigenvalue weighted by atomic mass is 35.5. The first-order chi connectivity index (χ1) is 9.16. The minimum Gasteiger partial charge on any atom is -0.322 e. The molecule has 96 valence electrons. The summed E-state index contributed by atoms with van der Waals surface area (Å²) < 4.78 is 0. The molecule has 0 unspecified atom stereocenters. The van der Waals surface area contributed by atoms with E-state index in [9.17, 15) is 4.79 Å². The molecule has 1 N–H and O–H groups in total. The van der Waals surface area contributed by atoms with Gasteiger partial charge < -0.3 is 5.32 Å². The standard InChI is InChI=1S/C16H14ClNO/c1-12-6-2-5-9-15(12)18-16(19)11-10-13-7-3-4-8-14(13)17/h2-11H,1H3,(H,18,19). The van der Waals surface area contributed by atoms with Gasteiger partial charge in [-0.1, -0.05) is 48.0 Å². The van der Waals surface area contributed by atoms with Crippen LogP contribution in [0.15, 0.2) is 54.6 Å². The molecule has 0 aromatic heterocycles. The number of hydrogen-bond acceptors (Lipinski definition) is 1. The molecule has 2 nitrogen and oxygen atoms in total. The Balaban J connectivity index is 2.06. The third-order valence-electron chi connectivity index (χ3n) is 2.72. The highest BCUT2D eigenvalue weighted by molar-refractivity contribution is 6.32. The van der Waals surface area contributed by atoms with Gasteiger partial charge in [0.1, 0.15) is 0 Å². The summed E-state index contributed by atoms with van der Waals surface area (Å²) in [4.78, 5) is 11.8. The van der Waals surface area contributed by atoms with Gasteiger partial charge in [0, 0.05) is 16.8 Å². The number of carbonyl (C=O) groups is 1. The molecule has 19 heavy (non-hydrogen) atoms. The fourth-order valence-electron chi connectivity index (χ4n) is 1.66. The van der Waals surface area contributed by atoms with Crippen LogP contribution in [0.5, 0.6) is 0 Å². The largest absolute Gasteiger partial charge is 0.322 e. The molecule has 0 saturated heterocycles. The molecule has 0 atom stereocenters. The summed E-state index contributed by atoms with van der Waals surface area (Å²) in [6, 6.07) is 15.0. The van der Waals surface area contributed by atoms with Crippen LogP contribution < -0.4 is 5.32 Å². The maximum atomic E-state index is 11.8.